The summed E-state index contributed by atoms with van der Waals surface area (Å²) in [7, 11) is 1.76. The highest BCUT2D eigenvalue weighted by Gasteiger charge is 2.26. The van der Waals surface area contributed by atoms with Crippen molar-refractivity contribution in [2.75, 3.05) is 26.7 Å². The van der Waals surface area contributed by atoms with Gasteiger partial charge in [-0.1, -0.05) is 18.2 Å². The van der Waals surface area contributed by atoms with E-state index in [1.165, 1.54) is 6.07 Å². The van der Waals surface area contributed by atoms with Crippen molar-refractivity contribution in [1.82, 2.24) is 10.2 Å². The minimum atomic E-state index is -4.20. The second-order valence-electron chi connectivity index (χ2n) is 4.47. The molecule has 2 nitrogen and oxygen atoms in total. The maximum absolute atomic E-state index is 13.6. The summed E-state index contributed by atoms with van der Waals surface area (Å²) in [6, 6.07) is 6.22. The van der Waals surface area contributed by atoms with Gasteiger partial charge in [-0.15, -0.1) is 0 Å². The normalized spacial score (nSPS) is 13.8. The van der Waals surface area contributed by atoms with E-state index < -0.39 is 12.7 Å². The molecule has 1 unspecified atom stereocenters. The van der Waals surface area contributed by atoms with E-state index in [0.717, 1.165) is 0 Å². The number of rotatable bonds is 6. The lowest BCUT2D eigenvalue weighted by Crippen LogP contribution is -2.36. The third-order valence-electron chi connectivity index (χ3n) is 2.98. The molecule has 0 radical (unpaired) electrons. The van der Waals surface area contributed by atoms with Gasteiger partial charge in [0.1, 0.15) is 5.82 Å². The van der Waals surface area contributed by atoms with Crippen LogP contribution in [0.3, 0.4) is 0 Å². The fourth-order valence-corrected chi connectivity index (χ4v) is 1.73. The van der Waals surface area contributed by atoms with E-state index in [9.17, 15) is 17.6 Å². The fraction of sp³-hybridized carbons (Fsp3) is 0.538. The standard InChI is InChI=1S/C13H18F4N2/c1-10(11-5-3-4-6-12(11)14)19(2)8-7-18-9-13(15,16)17/h3-6,10,18H,7-9H2,1-2H3. The summed E-state index contributed by atoms with van der Waals surface area (Å²) in [6.45, 7) is 1.43. The highest BCUT2D eigenvalue weighted by molar-refractivity contribution is 5.20. The predicted molar refractivity (Wildman–Crippen MR) is 66.4 cm³/mol. The number of hydrogen-bond donors (Lipinski definition) is 1. The molecule has 0 amide bonds. The van der Waals surface area contributed by atoms with Crippen LogP contribution in [0.15, 0.2) is 24.3 Å². The van der Waals surface area contributed by atoms with E-state index in [-0.39, 0.29) is 18.4 Å². The van der Waals surface area contributed by atoms with Crippen LogP contribution in [-0.4, -0.2) is 37.8 Å². The van der Waals surface area contributed by atoms with Gasteiger partial charge in [0.25, 0.3) is 0 Å². The van der Waals surface area contributed by atoms with Gasteiger partial charge in [-0.2, -0.15) is 13.2 Å². The van der Waals surface area contributed by atoms with E-state index in [0.29, 0.717) is 12.1 Å². The molecule has 1 rings (SSSR count). The van der Waals surface area contributed by atoms with Gasteiger partial charge in [0, 0.05) is 24.7 Å². The zero-order valence-electron chi connectivity index (χ0n) is 11.0. The highest BCUT2D eigenvalue weighted by Crippen LogP contribution is 2.21. The Balaban J connectivity index is 2.41. The van der Waals surface area contributed by atoms with Crippen molar-refractivity contribution in [1.29, 1.82) is 0 Å². The number of halogens is 4. The predicted octanol–water partition coefficient (Wildman–Crippen LogP) is 2.97. The first-order valence-corrected chi connectivity index (χ1v) is 6.03. The average molecular weight is 278 g/mol. The summed E-state index contributed by atoms with van der Waals surface area (Å²) < 4.78 is 49.3. The maximum atomic E-state index is 13.6. The molecule has 0 aliphatic heterocycles. The van der Waals surface area contributed by atoms with Crippen molar-refractivity contribution in [3.8, 4) is 0 Å². The van der Waals surface area contributed by atoms with Crippen LogP contribution in [0.1, 0.15) is 18.5 Å². The van der Waals surface area contributed by atoms with Gasteiger partial charge < -0.3 is 5.32 Å². The average Bonchev–Trinajstić information content (AvgIpc) is 2.33. The van der Waals surface area contributed by atoms with Gasteiger partial charge in [-0.25, -0.2) is 4.39 Å². The monoisotopic (exact) mass is 278 g/mol. The second kappa shape index (κ2) is 6.86. The topological polar surface area (TPSA) is 15.3 Å². The van der Waals surface area contributed by atoms with Crippen LogP contribution in [0.5, 0.6) is 0 Å². The third kappa shape index (κ3) is 5.57. The lowest BCUT2D eigenvalue weighted by molar-refractivity contribution is -0.124. The molecule has 0 saturated carbocycles. The fourth-order valence-electron chi connectivity index (χ4n) is 1.73. The minimum Gasteiger partial charge on any atom is -0.307 e. The molecular weight excluding hydrogens is 260 g/mol. The molecule has 0 aromatic heterocycles. The van der Waals surface area contributed by atoms with Crippen molar-refractivity contribution in [2.45, 2.75) is 19.1 Å². The van der Waals surface area contributed by atoms with Crippen LogP contribution in [-0.2, 0) is 0 Å². The van der Waals surface area contributed by atoms with Crippen LogP contribution >= 0.6 is 0 Å². The van der Waals surface area contributed by atoms with Gasteiger partial charge in [-0.05, 0) is 20.0 Å². The Morgan fingerprint density at radius 1 is 1.26 bits per heavy atom. The highest BCUT2D eigenvalue weighted by atomic mass is 19.4. The lowest BCUT2D eigenvalue weighted by Gasteiger charge is -2.25. The molecule has 0 fully saturated rings. The van der Waals surface area contributed by atoms with Crippen molar-refractivity contribution in [3.63, 3.8) is 0 Å². The summed E-state index contributed by atoms with van der Waals surface area (Å²) in [5.74, 6) is -0.301. The molecule has 19 heavy (non-hydrogen) atoms. The Hall–Kier alpha value is -1.14. The molecule has 1 aromatic rings. The minimum absolute atomic E-state index is 0.186. The quantitative estimate of drug-likeness (QED) is 0.635. The van der Waals surface area contributed by atoms with Crippen molar-refractivity contribution in [2.24, 2.45) is 0 Å². The van der Waals surface area contributed by atoms with Gasteiger partial charge in [0.05, 0.1) is 6.54 Å². The Kier molecular flexibility index (Phi) is 5.75. The smallest absolute Gasteiger partial charge is 0.307 e. The van der Waals surface area contributed by atoms with Crippen molar-refractivity contribution >= 4 is 0 Å². The molecule has 0 spiro atoms. The first-order chi connectivity index (χ1) is 8.81. The summed E-state index contributed by atoms with van der Waals surface area (Å²) >= 11 is 0. The van der Waals surface area contributed by atoms with E-state index in [1.54, 1.807) is 25.2 Å². The molecule has 0 aliphatic rings. The molecule has 6 heteroatoms. The number of alkyl halides is 3. The number of likely N-dealkylation sites (N-methyl/N-ethyl adjacent to an activating group) is 1. The molecule has 108 valence electrons. The Bertz CT molecular complexity index is 392. The number of nitrogens with zero attached hydrogens (tertiary/aromatic N) is 1. The molecular formula is C13H18F4N2. The number of nitrogens with one attached hydrogen (secondary N) is 1. The molecule has 0 saturated heterocycles. The van der Waals surface area contributed by atoms with Crippen LogP contribution in [0.4, 0.5) is 17.6 Å². The van der Waals surface area contributed by atoms with E-state index in [4.69, 9.17) is 0 Å². The van der Waals surface area contributed by atoms with Crippen LogP contribution < -0.4 is 5.32 Å². The largest absolute Gasteiger partial charge is 0.401 e. The summed E-state index contributed by atoms with van der Waals surface area (Å²) in [5, 5.41) is 2.32. The Morgan fingerprint density at radius 3 is 2.47 bits per heavy atom. The van der Waals surface area contributed by atoms with Crippen LogP contribution in [0, 0.1) is 5.82 Å². The molecule has 1 atom stereocenters. The SMILES string of the molecule is CC(c1ccccc1F)N(C)CCNCC(F)(F)F. The van der Waals surface area contributed by atoms with Crippen LogP contribution in [0.25, 0.3) is 0 Å². The van der Waals surface area contributed by atoms with E-state index >= 15 is 0 Å². The summed E-state index contributed by atoms with van der Waals surface area (Å²) in [6.07, 6.45) is -4.20. The van der Waals surface area contributed by atoms with Gasteiger partial charge in [-0.3, -0.25) is 4.90 Å². The van der Waals surface area contributed by atoms with Gasteiger partial charge in [0.2, 0.25) is 0 Å². The molecule has 0 heterocycles. The second-order valence-corrected chi connectivity index (χ2v) is 4.47. The first-order valence-electron chi connectivity index (χ1n) is 6.03. The summed E-state index contributed by atoms with van der Waals surface area (Å²) in [5.41, 5.74) is 0.542. The van der Waals surface area contributed by atoms with E-state index in [1.807, 2.05) is 11.8 Å². The molecule has 1 aromatic carbocycles. The van der Waals surface area contributed by atoms with Crippen molar-refractivity contribution in [3.05, 3.63) is 35.6 Å². The summed E-state index contributed by atoms with van der Waals surface area (Å²) in [4.78, 5) is 1.81. The lowest BCUT2D eigenvalue weighted by atomic mass is 10.1. The van der Waals surface area contributed by atoms with Gasteiger partial charge >= 0.3 is 6.18 Å². The number of hydrogen-bond acceptors (Lipinski definition) is 2. The van der Waals surface area contributed by atoms with Crippen molar-refractivity contribution < 1.29 is 17.6 Å². The molecule has 0 bridgehead atoms. The Labute approximate surface area is 110 Å². The zero-order chi connectivity index (χ0) is 14.5. The first kappa shape index (κ1) is 15.9. The van der Waals surface area contributed by atoms with E-state index in [2.05, 4.69) is 5.32 Å². The Morgan fingerprint density at radius 2 is 1.89 bits per heavy atom. The molecule has 0 aliphatic carbocycles. The maximum Gasteiger partial charge on any atom is 0.401 e. The zero-order valence-corrected chi connectivity index (χ0v) is 11.0. The molecule has 1 N–H and O–H groups in total. The van der Waals surface area contributed by atoms with Crippen LogP contribution in [0.2, 0.25) is 0 Å². The number of benzene rings is 1. The third-order valence-corrected chi connectivity index (χ3v) is 2.98. The van der Waals surface area contributed by atoms with Gasteiger partial charge in [0.15, 0.2) is 0 Å².